The maximum atomic E-state index is 12.3. The van der Waals surface area contributed by atoms with Crippen LogP contribution in [0.5, 0.6) is 0 Å². The van der Waals surface area contributed by atoms with Crippen molar-refractivity contribution in [2.75, 3.05) is 16.1 Å². The first kappa shape index (κ1) is 18.9. The summed E-state index contributed by atoms with van der Waals surface area (Å²) in [4.78, 5) is 32.9. The molecule has 3 heterocycles. The maximum Gasteiger partial charge on any atom is 0.439 e. The monoisotopic (exact) mass is 416 g/mol. The van der Waals surface area contributed by atoms with Gasteiger partial charge < -0.3 is 15.1 Å². The van der Waals surface area contributed by atoms with Crippen molar-refractivity contribution in [3.63, 3.8) is 0 Å². The molecule has 4 aromatic rings. The molecule has 31 heavy (non-hydrogen) atoms. The van der Waals surface area contributed by atoms with E-state index < -0.39 is 5.76 Å². The van der Waals surface area contributed by atoms with Gasteiger partial charge in [-0.05, 0) is 55.7 Å². The summed E-state index contributed by atoms with van der Waals surface area (Å²) in [6.45, 7) is 1.85. The highest BCUT2D eigenvalue weighted by molar-refractivity contribution is 5.92. The molecule has 0 atom stereocenters. The summed E-state index contributed by atoms with van der Waals surface area (Å²) >= 11 is 0. The molecule has 1 aliphatic rings. The van der Waals surface area contributed by atoms with Crippen LogP contribution in [0.1, 0.15) is 24.0 Å². The van der Waals surface area contributed by atoms with Crippen LogP contribution in [-0.4, -0.2) is 20.6 Å². The zero-order valence-corrected chi connectivity index (χ0v) is 16.8. The predicted octanol–water partition coefficient (Wildman–Crippen LogP) is 3.59. The minimum atomic E-state index is -0.526. The zero-order chi connectivity index (χ0) is 21.4. The number of nitrogens with zero attached hydrogens (tertiary/aromatic N) is 3. The largest absolute Gasteiger partial charge is 0.439 e. The van der Waals surface area contributed by atoms with Crippen molar-refractivity contribution in [3.8, 4) is 0 Å². The molecule has 0 bridgehead atoms. The Labute approximate surface area is 177 Å². The molecule has 0 aliphatic carbocycles. The number of aromatic nitrogens is 3. The van der Waals surface area contributed by atoms with Crippen LogP contribution in [0.3, 0.4) is 0 Å². The highest BCUT2D eigenvalue weighted by Gasteiger charge is 2.14. The molecular formula is C22H20N6O3. The van der Waals surface area contributed by atoms with Crippen LogP contribution in [0.15, 0.2) is 57.9 Å². The van der Waals surface area contributed by atoms with E-state index >= 15 is 0 Å². The first-order valence-corrected chi connectivity index (χ1v) is 9.98. The van der Waals surface area contributed by atoms with E-state index in [0.717, 1.165) is 35.3 Å². The molecule has 9 nitrogen and oxygen atoms in total. The molecule has 1 aliphatic heterocycles. The summed E-state index contributed by atoms with van der Waals surface area (Å²) < 4.78 is 6.58. The minimum Gasteiger partial charge on any atom is -0.406 e. The van der Waals surface area contributed by atoms with Gasteiger partial charge in [0.25, 0.3) is 0 Å². The number of amides is 1. The van der Waals surface area contributed by atoms with Gasteiger partial charge in [0.05, 0.1) is 0 Å². The second-order valence-electron chi connectivity index (χ2n) is 7.41. The Kier molecular flexibility index (Phi) is 4.62. The van der Waals surface area contributed by atoms with E-state index in [0.29, 0.717) is 29.3 Å². The number of carbonyl (C=O) groups excluding carboxylic acids is 1. The molecule has 5 rings (SSSR count). The third kappa shape index (κ3) is 3.73. The van der Waals surface area contributed by atoms with Crippen LogP contribution in [0.4, 0.5) is 23.1 Å². The number of nitrogens with one attached hydrogen (secondary N) is 3. The van der Waals surface area contributed by atoms with Crippen molar-refractivity contribution in [2.24, 2.45) is 0 Å². The Balaban J connectivity index is 1.43. The average molecular weight is 416 g/mol. The summed E-state index contributed by atoms with van der Waals surface area (Å²) in [5.41, 5.74) is 7.62. The molecule has 0 unspecified atom stereocenters. The van der Waals surface area contributed by atoms with Crippen LogP contribution in [0.2, 0.25) is 0 Å². The van der Waals surface area contributed by atoms with E-state index in [4.69, 9.17) is 4.42 Å². The molecule has 2 aromatic carbocycles. The summed E-state index contributed by atoms with van der Waals surface area (Å²) in [6.07, 6.45) is 3.83. The topological polar surface area (TPSA) is 114 Å². The molecule has 156 valence electrons. The van der Waals surface area contributed by atoms with Crippen molar-refractivity contribution < 1.29 is 9.21 Å². The van der Waals surface area contributed by atoms with Crippen LogP contribution in [0, 0.1) is 6.92 Å². The molecular weight excluding hydrogens is 396 g/mol. The third-order valence-corrected chi connectivity index (χ3v) is 5.16. The van der Waals surface area contributed by atoms with Gasteiger partial charge >= 0.3 is 5.76 Å². The minimum absolute atomic E-state index is 0.0408. The number of hydrogen-bond donors (Lipinski definition) is 3. The Morgan fingerprint density at radius 1 is 1.13 bits per heavy atom. The summed E-state index contributed by atoms with van der Waals surface area (Å²) in [7, 11) is 0. The smallest absolute Gasteiger partial charge is 0.406 e. The van der Waals surface area contributed by atoms with E-state index in [9.17, 15) is 9.59 Å². The SMILES string of the molecule is Cc1cnc(Nc2ccc3c(c2)CCCC(=O)N3)nc1Nn1c(=O)oc2ccccc21. The van der Waals surface area contributed by atoms with Crippen LogP contribution in [0.25, 0.3) is 11.1 Å². The summed E-state index contributed by atoms with van der Waals surface area (Å²) in [6, 6.07) is 12.9. The second kappa shape index (κ2) is 7.60. The number of fused-ring (bicyclic) bond motifs is 2. The van der Waals surface area contributed by atoms with E-state index in [-0.39, 0.29) is 5.91 Å². The second-order valence-corrected chi connectivity index (χ2v) is 7.41. The van der Waals surface area contributed by atoms with Crippen molar-refractivity contribution in [1.82, 2.24) is 14.6 Å². The number of aryl methyl sites for hydroxylation is 2. The lowest BCUT2D eigenvalue weighted by atomic mass is 10.1. The molecule has 0 spiro atoms. The van der Waals surface area contributed by atoms with Gasteiger partial charge in [0.2, 0.25) is 11.9 Å². The standard InChI is InChI=1S/C22H20N6O3/c1-13-12-23-21(24-15-9-10-16-14(11-15)5-4-8-19(29)25-16)26-20(13)27-28-17-6-2-3-7-18(17)31-22(28)30/h2-3,6-7,9-12H,4-5,8H2,1H3,(H,25,29)(H2,23,24,26,27). The number of rotatable bonds is 4. The third-order valence-electron chi connectivity index (χ3n) is 5.16. The van der Waals surface area contributed by atoms with Crippen molar-refractivity contribution in [2.45, 2.75) is 26.2 Å². The molecule has 1 amide bonds. The van der Waals surface area contributed by atoms with Gasteiger partial charge in [-0.2, -0.15) is 9.66 Å². The Morgan fingerprint density at radius 3 is 2.90 bits per heavy atom. The lowest BCUT2D eigenvalue weighted by Crippen LogP contribution is -2.23. The normalized spacial score (nSPS) is 13.4. The van der Waals surface area contributed by atoms with E-state index in [1.54, 1.807) is 24.4 Å². The van der Waals surface area contributed by atoms with E-state index in [1.807, 2.05) is 31.2 Å². The Bertz CT molecular complexity index is 1360. The number of anilines is 4. The number of carbonyl (C=O) groups is 1. The van der Waals surface area contributed by atoms with Crippen molar-refractivity contribution in [1.29, 1.82) is 0 Å². The fourth-order valence-corrected chi connectivity index (χ4v) is 3.57. The predicted molar refractivity (Wildman–Crippen MR) is 118 cm³/mol. The lowest BCUT2D eigenvalue weighted by molar-refractivity contribution is -0.116. The van der Waals surface area contributed by atoms with Crippen LogP contribution >= 0.6 is 0 Å². The number of para-hydroxylation sites is 2. The Hall–Kier alpha value is -4.14. The fraction of sp³-hybridized carbons (Fsp3) is 0.182. The first-order valence-electron chi connectivity index (χ1n) is 9.98. The maximum absolute atomic E-state index is 12.3. The number of benzene rings is 2. The number of oxazole rings is 1. The molecule has 3 N–H and O–H groups in total. The van der Waals surface area contributed by atoms with E-state index in [2.05, 4.69) is 26.0 Å². The molecule has 0 saturated carbocycles. The van der Waals surface area contributed by atoms with Gasteiger partial charge in [-0.25, -0.2) is 9.78 Å². The highest BCUT2D eigenvalue weighted by Crippen LogP contribution is 2.27. The van der Waals surface area contributed by atoms with Gasteiger partial charge in [0, 0.05) is 29.6 Å². The average Bonchev–Trinajstić information content (AvgIpc) is 2.94. The van der Waals surface area contributed by atoms with Crippen molar-refractivity contribution >= 4 is 40.1 Å². The summed E-state index contributed by atoms with van der Waals surface area (Å²) in [5.74, 6) is 0.375. The van der Waals surface area contributed by atoms with Gasteiger partial charge in [-0.1, -0.05) is 12.1 Å². The first-order chi connectivity index (χ1) is 15.1. The zero-order valence-electron chi connectivity index (χ0n) is 16.8. The highest BCUT2D eigenvalue weighted by atomic mass is 16.4. The van der Waals surface area contributed by atoms with E-state index in [1.165, 1.54) is 4.68 Å². The van der Waals surface area contributed by atoms with Gasteiger partial charge in [-0.3, -0.25) is 10.2 Å². The van der Waals surface area contributed by atoms with Crippen molar-refractivity contribution in [3.05, 3.63) is 70.3 Å². The van der Waals surface area contributed by atoms with Gasteiger partial charge in [0.1, 0.15) is 5.52 Å². The summed E-state index contributed by atoms with van der Waals surface area (Å²) in [5, 5.41) is 6.12. The quantitative estimate of drug-likeness (QED) is 0.466. The fourth-order valence-electron chi connectivity index (χ4n) is 3.57. The molecule has 0 radical (unpaired) electrons. The van der Waals surface area contributed by atoms with Gasteiger partial charge in [0.15, 0.2) is 11.4 Å². The lowest BCUT2D eigenvalue weighted by Gasteiger charge is -2.13. The number of hydrogen-bond acceptors (Lipinski definition) is 7. The Morgan fingerprint density at radius 2 is 2.00 bits per heavy atom. The van der Waals surface area contributed by atoms with Gasteiger partial charge in [-0.15, -0.1) is 0 Å². The molecule has 9 heteroatoms. The van der Waals surface area contributed by atoms with Crippen LogP contribution < -0.4 is 21.8 Å². The molecule has 0 saturated heterocycles. The molecule has 2 aromatic heterocycles. The molecule has 0 fully saturated rings. The van der Waals surface area contributed by atoms with Crippen LogP contribution in [-0.2, 0) is 11.2 Å².